The van der Waals surface area contributed by atoms with E-state index in [-0.39, 0.29) is 21.8 Å². The van der Waals surface area contributed by atoms with Gasteiger partial charge in [0.05, 0.1) is 0 Å². The normalized spacial score (nSPS) is 10.3. The molecule has 0 saturated carbocycles. The molecule has 3 aromatic rings. The van der Waals surface area contributed by atoms with Gasteiger partial charge in [0, 0.05) is 12.2 Å². The maximum Gasteiger partial charge on any atom is 0.286 e. The third-order valence-electron chi connectivity index (χ3n) is 3.42. The van der Waals surface area contributed by atoms with E-state index in [1.165, 1.54) is 0 Å². The number of carbonyl (C=O) groups excluding carboxylic acids is 2. The lowest BCUT2D eigenvalue weighted by atomic mass is 10.1. The highest BCUT2D eigenvalue weighted by atomic mass is 32.1. The molecule has 0 radical (unpaired) electrons. The maximum atomic E-state index is 12.1. The molecule has 126 valence electrons. The zero-order valence-electron chi connectivity index (χ0n) is 13.5. The minimum atomic E-state index is -0.388. The van der Waals surface area contributed by atoms with E-state index in [0.29, 0.717) is 12.2 Å². The van der Waals surface area contributed by atoms with Crippen LogP contribution in [0, 0.1) is 6.92 Å². The Bertz CT molecular complexity index is 876. The second-order valence-electron chi connectivity index (χ2n) is 5.40. The van der Waals surface area contributed by atoms with E-state index in [9.17, 15) is 9.59 Å². The van der Waals surface area contributed by atoms with Crippen LogP contribution in [0.15, 0.2) is 54.6 Å². The third-order valence-corrected chi connectivity index (χ3v) is 4.34. The summed E-state index contributed by atoms with van der Waals surface area (Å²) in [5, 5.41) is 13.4. The average molecular weight is 352 g/mol. The second-order valence-corrected chi connectivity index (χ2v) is 6.38. The number of hydrogen-bond donors (Lipinski definition) is 2. The molecule has 0 spiro atoms. The summed E-state index contributed by atoms with van der Waals surface area (Å²) in [5.41, 5.74) is 2.81. The third kappa shape index (κ3) is 4.48. The molecule has 0 saturated heterocycles. The van der Waals surface area contributed by atoms with Crippen molar-refractivity contribution >= 4 is 28.8 Å². The lowest BCUT2D eigenvalue weighted by Crippen LogP contribution is -2.22. The van der Waals surface area contributed by atoms with E-state index in [4.69, 9.17) is 0 Å². The van der Waals surface area contributed by atoms with Crippen molar-refractivity contribution in [3.63, 3.8) is 0 Å². The summed E-state index contributed by atoms with van der Waals surface area (Å²) in [6.07, 6.45) is 0. The largest absolute Gasteiger partial charge is 0.346 e. The molecule has 0 unspecified atom stereocenters. The Hall–Kier alpha value is -3.06. The van der Waals surface area contributed by atoms with E-state index < -0.39 is 0 Å². The SMILES string of the molecule is Cc1ccc(CNC(=O)c2nnc(C(=O)Nc3ccccc3)s2)cc1. The van der Waals surface area contributed by atoms with E-state index >= 15 is 0 Å². The first-order chi connectivity index (χ1) is 12.1. The average Bonchev–Trinajstić information content (AvgIpc) is 3.12. The number of rotatable bonds is 5. The number of aromatic nitrogens is 2. The Labute approximate surface area is 148 Å². The first-order valence-corrected chi connectivity index (χ1v) is 8.47. The van der Waals surface area contributed by atoms with Crippen molar-refractivity contribution in [3.05, 3.63) is 75.7 Å². The number of carbonyl (C=O) groups is 2. The number of nitrogens with one attached hydrogen (secondary N) is 2. The van der Waals surface area contributed by atoms with Crippen LogP contribution >= 0.6 is 11.3 Å². The fourth-order valence-corrected chi connectivity index (χ4v) is 2.73. The fourth-order valence-electron chi connectivity index (χ4n) is 2.08. The highest BCUT2D eigenvalue weighted by molar-refractivity contribution is 7.15. The van der Waals surface area contributed by atoms with Crippen molar-refractivity contribution in [1.82, 2.24) is 15.5 Å². The van der Waals surface area contributed by atoms with Gasteiger partial charge in [-0.25, -0.2) is 0 Å². The van der Waals surface area contributed by atoms with Gasteiger partial charge in [-0.05, 0) is 24.6 Å². The van der Waals surface area contributed by atoms with Gasteiger partial charge in [0.2, 0.25) is 10.0 Å². The first kappa shape index (κ1) is 16.8. The molecule has 0 aliphatic carbocycles. The highest BCUT2D eigenvalue weighted by Crippen LogP contribution is 2.13. The lowest BCUT2D eigenvalue weighted by molar-refractivity contribution is 0.0948. The highest BCUT2D eigenvalue weighted by Gasteiger charge is 2.17. The van der Waals surface area contributed by atoms with Crippen LogP contribution < -0.4 is 10.6 Å². The number of amides is 2. The van der Waals surface area contributed by atoms with Gasteiger partial charge in [0.25, 0.3) is 11.8 Å². The number of anilines is 1. The molecule has 2 aromatic carbocycles. The van der Waals surface area contributed by atoms with Crippen LogP contribution in [0.3, 0.4) is 0 Å². The summed E-state index contributed by atoms with van der Waals surface area (Å²) >= 11 is 0.960. The zero-order valence-corrected chi connectivity index (χ0v) is 14.3. The van der Waals surface area contributed by atoms with Crippen molar-refractivity contribution in [2.75, 3.05) is 5.32 Å². The van der Waals surface area contributed by atoms with Crippen LogP contribution in [0.1, 0.15) is 30.7 Å². The van der Waals surface area contributed by atoms with Crippen LogP contribution in [0.25, 0.3) is 0 Å². The van der Waals surface area contributed by atoms with Crippen molar-refractivity contribution in [2.24, 2.45) is 0 Å². The fraction of sp³-hybridized carbons (Fsp3) is 0.111. The molecule has 6 nitrogen and oxygen atoms in total. The van der Waals surface area contributed by atoms with E-state index in [2.05, 4.69) is 20.8 Å². The van der Waals surface area contributed by atoms with Crippen LogP contribution in [0.2, 0.25) is 0 Å². The Morgan fingerprint density at radius 3 is 2.24 bits per heavy atom. The monoisotopic (exact) mass is 352 g/mol. The van der Waals surface area contributed by atoms with E-state index in [1.54, 1.807) is 12.1 Å². The zero-order chi connectivity index (χ0) is 17.6. The van der Waals surface area contributed by atoms with Gasteiger partial charge >= 0.3 is 0 Å². The smallest absolute Gasteiger partial charge is 0.286 e. The van der Waals surface area contributed by atoms with Crippen LogP contribution in [-0.4, -0.2) is 22.0 Å². The first-order valence-electron chi connectivity index (χ1n) is 7.65. The van der Waals surface area contributed by atoms with Crippen molar-refractivity contribution in [1.29, 1.82) is 0 Å². The standard InChI is InChI=1S/C18H16N4O2S/c1-12-7-9-13(10-8-12)11-19-15(23)17-21-22-18(25-17)16(24)20-14-5-3-2-4-6-14/h2-10H,11H2,1H3,(H,19,23)(H,20,24). The van der Waals surface area contributed by atoms with Crippen molar-refractivity contribution < 1.29 is 9.59 Å². The predicted octanol–water partition coefficient (Wildman–Crippen LogP) is 3.03. The second kappa shape index (κ2) is 7.67. The number of hydrogen-bond acceptors (Lipinski definition) is 5. The molecule has 2 N–H and O–H groups in total. The topological polar surface area (TPSA) is 84.0 Å². The van der Waals surface area contributed by atoms with Gasteiger partial charge in [0.15, 0.2) is 0 Å². The molecule has 0 atom stereocenters. The van der Waals surface area contributed by atoms with Gasteiger partial charge in [0.1, 0.15) is 0 Å². The van der Waals surface area contributed by atoms with Crippen molar-refractivity contribution in [3.8, 4) is 0 Å². The molecule has 0 aliphatic rings. The van der Waals surface area contributed by atoms with E-state index in [1.807, 2.05) is 49.4 Å². The molecular formula is C18H16N4O2S. The summed E-state index contributed by atoms with van der Waals surface area (Å²) in [4.78, 5) is 24.3. The molecule has 2 amide bonds. The molecule has 7 heteroatoms. The minimum absolute atomic E-state index is 0.143. The lowest BCUT2D eigenvalue weighted by Gasteiger charge is -2.03. The summed E-state index contributed by atoms with van der Waals surface area (Å²) in [5.74, 6) is -0.738. The van der Waals surface area contributed by atoms with Gasteiger partial charge < -0.3 is 10.6 Å². The molecular weight excluding hydrogens is 336 g/mol. The quantitative estimate of drug-likeness (QED) is 0.739. The minimum Gasteiger partial charge on any atom is -0.346 e. The summed E-state index contributed by atoms with van der Waals surface area (Å²) in [6.45, 7) is 2.40. The maximum absolute atomic E-state index is 12.1. The molecule has 0 fully saturated rings. The van der Waals surface area contributed by atoms with Gasteiger partial charge in [-0.1, -0.05) is 59.4 Å². The summed E-state index contributed by atoms with van der Waals surface area (Å²) in [7, 11) is 0. The van der Waals surface area contributed by atoms with E-state index in [0.717, 1.165) is 22.5 Å². The Balaban J connectivity index is 1.59. The van der Waals surface area contributed by atoms with Crippen LogP contribution in [0.4, 0.5) is 5.69 Å². The van der Waals surface area contributed by atoms with Crippen LogP contribution in [0.5, 0.6) is 0 Å². The van der Waals surface area contributed by atoms with Gasteiger partial charge in [-0.15, -0.1) is 10.2 Å². The summed E-state index contributed by atoms with van der Waals surface area (Å²) in [6, 6.07) is 16.9. The number of para-hydroxylation sites is 1. The molecule has 0 bridgehead atoms. The molecule has 1 aromatic heterocycles. The van der Waals surface area contributed by atoms with Gasteiger partial charge in [-0.2, -0.15) is 0 Å². The van der Waals surface area contributed by atoms with Gasteiger partial charge in [-0.3, -0.25) is 9.59 Å². The number of nitrogens with zero attached hydrogens (tertiary/aromatic N) is 2. The predicted molar refractivity (Wildman–Crippen MR) is 96.7 cm³/mol. The van der Waals surface area contributed by atoms with Crippen molar-refractivity contribution in [2.45, 2.75) is 13.5 Å². The van der Waals surface area contributed by atoms with Crippen LogP contribution in [-0.2, 0) is 6.54 Å². The molecule has 0 aliphatic heterocycles. The molecule has 25 heavy (non-hydrogen) atoms. The molecule has 1 heterocycles. The Kier molecular flexibility index (Phi) is 5.15. The number of benzene rings is 2. The number of aryl methyl sites for hydroxylation is 1. The molecule has 3 rings (SSSR count). The Morgan fingerprint density at radius 2 is 1.56 bits per heavy atom. The Morgan fingerprint density at radius 1 is 0.920 bits per heavy atom. The summed E-state index contributed by atoms with van der Waals surface area (Å²) < 4.78 is 0.